The molecule has 0 saturated heterocycles. The Kier molecular flexibility index (Phi) is 4.41. The van der Waals surface area contributed by atoms with Gasteiger partial charge in [0.25, 0.3) is 5.91 Å². The number of methoxy groups -OCH3 is 1. The monoisotopic (exact) mass is 362 g/mol. The van der Waals surface area contributed by atoms with Gasteiger partial charge in [-0.2, -0.15) is 13.2 Å². The molecule has 0 fully saturated rings. The van der Waals surface area contributed by atoms with Crippen LogP contribution >= 0.6 is 0 Å². The highest BCUT2D eigenvalue weighted by Crippen LogP contribution is 2.31. The molecule has 0 unspecified atom stereocenters. The van der Waals surface area contributed by atoms with Gasteiger partial charge in [-0.05, 0) is 48.5 Å². The summed E-state index contributed by atoms with van der Waals surface area (Å²) in [6, 6.07) is 10.8. The first-order valence-electron chi connectivity index (χ1n) is 7.41. The average Bonchev–Trinajstić information content (AvgIpc) is 2.60. The zero-order valence-electron chi connectivity index (χ0n) is 13.5. The quantitative estimate of drug-likeness (QED) is 0.770. The molecule has 0 aliphatic carbocycles. The van der Waals surface area contributed by atoms with Crippen LogP contribution in [0.2, 0.25) is 0 Å². The molecule has 2 N–H and O–H groups in total. The van der Waals surface area contributed by atoms with Gasteiger partial charge in [0, 0.05) is 5.39 Å². The minimum absolute atomic E-state index is 0.0880. The summed E-state index contributed by atoms with van der Waals surface area (Å²) in [7, 11) is 1.52. The van der Waals surface area contributed by atoms with E-state index in [0.717, 1.165) is 12.1 Å². The van der Waals surface area contributed by atoms with Gasteiger partial charge >= 0.3 is 6.18 Å². The molecule has 5 nitrogen and oxygen atoms in total. The number of primary amides is 1. The molecule has 0 spiro atoms. The first-order valence-corrected chi connectivity index (χ1v) is 7.41. The first-order chi connectivity index (χ1) is 12.3. The molecule has 1 heterocycles. The van der Waals surface area contributed by atoms with E-state index in [2.05, 4.69) is 4.99 Å². The third-order valence-corrected chi connectivity index (χ3v) is 3.64. The Hall–Kier alpha value is -3.29. The number of alkyl halides is 3. The van der Waals surface area contributed by atoms with E-state index in [-0.39, 0.29) is 22.1 Å². The number of nitrogens with two attached hydrogens (primary N) is 1. The molecule has 3 aromatic rings. The highest BCUT2D eigenvalue weighted by atomic mass is 19.4. The summed E-state index contributed by atoms with van der Waals surface area (Å²) in [5.41, 5.74) is 4.88. The predicted octanol–water partition coefficient (Wildman–Crippen LogP) is 3.79. The van der Waals surface area contributed by atoms with Gasteiger partial charge in [-0.3, -0.25) is 4.79 Å². The lowest BCUT2D eigenvalue weighted by Gasteiger charge is -2.08. The van der Waals surface area contributed by atoms with Crippen molar-refractivity contribution in [2.24, 2.45) is 10.7 Å². The van der Waals surface area contributed by atoms with Crippen molar-refractivity contribution in [1.29, 1.82) is 0 Å². The molecule has 8 heteroatoms. The van der Waals surface area contributed by atoms with Gasteiger partial charge < -0.3 is 14.9 Å². The zero-order valence-corrected chi connectivity index (χ0v) is 13.5. The molecular weight excluding hydrogens is 349 g/mol. The first kappa shape index (κ1) is 17.5. The number of carbonyl (C=O) groups excluding carboxylic acids is 1. The van der Waals surface area contributed by atoms with Crippen LogP contribution in [0.5, 0.6) is 5.75 Å². The molecule has 0 aliphatic heterocycles. The van der Waals surface area contributed by atoms with Crippen molar-refractivity contribution >= 4 is 22.6 Å². The van der Waals surface area contributed by atoms with Crippen LogP contribution in [0.1, 0.15) is 15.9 Å². The number of benzene rings is 2. The van der Waals surface area contributed by atoms with E-state index in [0.29, 0.717) is 11.4 Å². The maximum absolute atomic E-state index is 12.9. The van der Waals surface area contributed by atoms with Crippen LogP contribution in [-0.2, 0) is 6.18 Å². The van der Waals surface area contributed by atoms with Crippen molar-refractivity contribution in [2.75, 3.05) is 7.11 Å². The summed E-state index contributed by atoms with van der Waals surface area (Å²) < 4.78 is 49.1. The number of nitrogens with zero attached hydrogens (tertiary/aromatic N) is 1. The summed E-state index contributed by atoms with van der Waals surface area (Å²) in [4.78, 5) is 15.9. The number of ether oxygens (including phenoxy) is 1. The van der Waals surface area contributed by atoms with E-state index in [1.165, 1.54) is 19.2 Å². The molecule has 1 amide bonds. The second kappa shape index (κ2) is 6.55. The summed E-state index contributed by atoms with van der Waals surface area (Å²) >= 11 is 0. The van der Waals surface area contributed by atoms with Crippen molar-refractivity contribution < 1.29 is 27.1 Å². The fourth-order valence-electron chi connectivity index (χ4n) is 2.34. The fraction of sp³-hybridized carbons (Fsp3) is 0.111. The van der Waals surface area contributed by atoms with Crippen molar-refractivity contribution in [3.05, 3.63) is 65.2 Å². The van der Waals surface area contributed by atoms with Crippen LogP contribution in [0.15, 0.2) is 57.9 Å². The SMILES string of the molecule is COc1ccc(N=c2oc3ccc(C(F)(F)F)cc3cc2C(N)=O)cc1. The van der Waals surface area contributed by atoms with Crippen LogP contribution in [0.3, 0.4) is 0 Å². The third-order valence-electron chi connectivity index (χ3n) is 3.64. The summed E-state index contributed by atoms with van der Waals surface area (Å²) in [5, 5.41) is 0.0994. The molecule has 2 aromatic carbocycles. The van der Waals surface area contributed by atoms with Crippen molar-refractivity contribution in [1.82, 2.24) is 0 Å². The fourth-order valence-corrected chi connectivity index (χ4v) is 2.34. The van der Waals surface area contributed by atoms with Crippen LogP contribution in [0.4, 0.5) is 18.9 Å². The molecule has 3 rings (SSSR count). The number of hydrogen-bond donors (Lipinski definition) is 1. The second-order valence-electron chi connectivity index (χ2n) is 5.39. The standard InChI is InChI=1S/C18H13F3N2O3/c1-25-13-5-3-12(4-6-13)23-17-14(16(22)24)9-10-8-11(18(19,20)21)2-7-15(10)26-17/h2-9H,1H3,(H2,22,24). The Balaban J connectivity index is 2.19. The molecular formula is C18H13F3N2O3. The van der Waals surface area contributed by atoms with E-state index < -0.39 is 17.6 Å². The maximum Gasteiger partial charge on any atom is 0.416 e. The molecule has 1 aromatic heterocycles. The lowest BCUT2D eigenvalue weighted by Crippen LogP contribution is -2.21. The van der Waals surface area contributed by atoms with Crippen LogP contribution in [0.25, 0.3) is 11.0 Å². The molecule has 26 heavy (non-hydrogen) atoms. The second-order valence-corrected chi connectivity index (χ2v) is 5.39. The van der Waals surface area contributed by atoms with Crippen LogP contribution in [0, 0.1) is 0 Å². The molecule has 0 aliphatic rings. The lowest BCUT2D eigenvalue weighted by atomic mass is 10.1. The maximum atomic E-state index is 12.9. The number of fused-ring (bicyclic) bond motifs is 1. The van der Waals surface area contributed by atoms with Gasteiger partial charge in [0.1, 0.15) is 16.9 Å². The van der Waals surface area contributed by atoms with Crippen molar-refractivity contribution in [3.63, 3.8) is 0 Å². The molecule has 134 valence electrons. The highest BCUT2D eigenvalue weighted by molar-refractivity contribution is 5.95. The minimum atomic E-state index is -4.51. The summed E-state index contributed by atoms with van der Waals surface area (Å²) in [6.07, 6.45) is -4.51. The van der Waals surface area contributed by atoms with Gasteiger partial charge in [0.15, 0.2) is 0 Å². The Morgan fingerprint density at radius 2 is 1.81 bits per heavy atom. The van der Waals surface area contributed by atoms with Gasteiger partial charge in [-0.1, -0.05) is 0 Å². The molecule has 0 atom stereocenters. The van der Waals surface area contributed by atoms with Gasteiger partial charge in [0.05, 0.1) is 18.4 Å². The van der Waals surface area contributed by atoms with Gasteiger partial charge in [0.2, 0.25) is 5.55 Å². The normalized spacial score (nSPS) is 12.4. The van der Waals surface area contributed by atoms with E-state index in [9.17, 15) is 18.0 Å². The third kappa shape index (κ3) is 3.53. The van der Waals surface area contributed by atoms with E-state index in [1.807, 2.05) is 0 Å². The minimum Gasteiger partial charge on any atom is -0.497 e. The van der Waals surface area contributed by atoms with E-state index in [1.54, 1.807) is 24.3 Å². The molecule has 0 radical (unpaired) electrons. The van der Waals surface area contributed by atoms with Gasteiger partial charge in [-0.15, -0.1) is 0 Å². The number of carbonyl (C=O) groups is 1. The predicted molar refractivity (Wildman–Crippen MR) is 88.0 cm³/mol. The van der Waals surface area contributed by atoms with Crippen LogP contribution < -0.4 is 16.0 Å². The molecule has 0 bridgehead atoms. The largest absolute Gasteiger partial charge is 0.497 e. The topological polar surface area (TPSA) is 77.8 Å². The Morgan fingerprint density at radius 3 is 2.38 bits per heavy atom. The Labute approximate surface area is 145 Å². The average molecular weight is 362 g/mol. The number of hydrogen-bond acceptors (Lipinski definition) is 4. The number of halogens is 3. The van der Waals surface area contributed by atoms with E-state index >= 15 is 0 Å². The van der Waals surface area contributed by atoms with Crippen LogP contribution in [-0.4, -0.2) is 13.0 Å². The van der Waals surface area contributed by atoms with E-state index in [4.69, 9.17) is 14.9 Å². The zero-order chi connectivity index (χ0) is 18.9. The smallest absolute Gasteiger partial charge is 0.416 e. The highest BCUT2D eigenvalue weighted by Gasteiger charge is 2.30. The number of rotatable bonds is 3. The Bertz CT molecular complexity index is 1040. The van der Waals surface area contributed by atoms with Crippen molar-refractivity contribution in [3.8, 4) is 5.75 Å². The van der Waals surface area contributed by atoms with Crippen molar-refractivity contribution in [2.45, 2.75) is 6.18 Å². The van der Waals surface area contributed by atoms with Gasteiger partial charge in [-0.25, -0.2) is 4.99 Å². The lowest BCUT2D eigenvalue weighted by molar-refractivity contribution is -0.137. The molecule has 0 saturated carbocycles. The number of amides is 1. The Morgan fingerprint density at radius 1 is 1.12 bits per heavy atom. The summed E-state index contributed by atoms with van der Waals surface area (Å²) in [5.74, 6) is -0.241. The summed E-state index contributed by atoms with van der Waals surface area (Å²) in [6.45, 7) is 0.